The molecule has 0 spiro atoms. The highest BCUT2D eigenvalue weighted by Gasteiger charge is 2.25. The molecule has 7 heteroatoms. The molecule has 1 heterocycles. The van der Waals surface area contributed by atoms with E-state index in [9.17, 15) is 14.7 Å². The molecule has 7 nitrogen and oxygen atoms in total. The third-order valence-corrected chi connectivity index (χ3v) is 7.37. The molecule has 39 heavy (non-hydrogen) atoms. The average Bonchev–Trinajstić information content (AvgIpc) is 2.92. The number of carbonyl (C=O) groups is 2. The Labute approximate surface area is 234 Å². The molecule has 3 atom stereocenters. The third kappa shape index (κ3) is 9.97. The lowest BCUT2D eigenvalue weighted by Gasteiger charge is -2.28. The molecular weight excluding hydrogens is 488 g/mol. The fourth-order valence-electron chi connectivity index (χ4n) is 5.08. The second kappa shape index (κ2) is 15.6. The lowest BCUT2D eigenvalue weighted by atomic mass is 9.99. The van der Waals surface area contributed by atoms with Crippen molar-refractivity contribution in [1.82, 2.24) is 10.6 Å². The van der Waals surface area contributed by atoms with Crippen molar-refractivity contribution in [3.63, 3.8) is 0 Å². The van der Waals surface area contributed by atoms with E-state index in [4.69, 9.17) is 0 Å². The Balaban J connectivity index is 1.75. The maximum Gasteiger partial charge on any atom is 0.251 e. The van der Waals surface area contributed by atoms with E-state index < -0.39 is 12.1 Å². The van der Waals surface area contributed by atoms with Gasteiger partial charge < -0.3 is 26.0 Å². The molecular formula is C32H48N4O3. The third-order valence-electron chi connectivity index (χ3n) is 7.37. The smallest absolute Gasteiger partial charge is 0.251 e. The molecule has 3 unspecified atom stereocenters. The Morgan fingerprint density at radius 1 is 1.05 bits per heavy atom. The number of amides is 2. The maximum atomic E-state index is 13.6. The molecule has 0 saturated carbocycles. The predicted molar refractivity (Wildman–Crippen MR) is 160 cm³/mol. The Kier molecular flexibility index (Phi) is 12.3. The Morgan fingerprint density at radius 3 is 2.51 bits per heavy atom. The van der Waals surface area contributed by atoms with Crippen LogP contribution in [0.1, 0.15) is 82.1 Å². The summed E-state index contributed by atoms with van der Waals surface area (Å²) in [7, 11) is 0. The molecule has 0 bridgehead atoms. The van der Waals surface area contributed by atoms with E-state index in [1.54, 1.807) is 11.0 Å². The van der Waals surface area contributed by atoms with E-state index in [0.29, 0.717) is 44.0 Å². The summed E-state index contributed by atoms with van der Waals surface area (Å²) in [5, 5.41) is 21.1. The molecule has 3 rings (SSSR count). The normalized spacial score (nSPS) is 16.2. The summed E-state index contributed by atoms with van der Waals surface area (Å²) < 4.78 is 0. The van der Waals surface area contributed by atoms with Gasteiger partial charge in [-0.3, -0.25) is 9.59 Å². The van der Waals surface area contributed by atoms with Crippen molar-refractivity contribution in [2.75, 3.05) is 29.9 Å². The number of nitrogens with zero attached hydrogens (tertiary/aromatic N) is 1. The number of benzene rings is 2. The van der Waals surface area contributed by atoms with Crippen LogP contribution in [-0.4, -0.2) is 54.7 Å². The minimum Gasteiger partial charge on any atom is -0.390 e. The first-order valence-corrected chi connectivity index (χ1v) is 14.7. The van der Waals surface area contributed by atoms with Crippen molar-refractivity contribution in [2.45, 2.75) is 90.8 Å². The van der Waals surface area contributed by atoms with Gasteiger partial charge in [-0.15, -0.1) is 0 Å². The number of piperidine rings is 1. The number of aliphatic hydroxyl groups excluding tert-OH is 1. The molecule has 2 aromatic rings. The summed E-state index contributed by atoms with van der Waals surface area (Å²) in [5.74, 6) is 0.519. The van der Waals surface area contributed by atoms with E-state index in [0.717, 1.165) is 42.6 Å². The van der Waals surface area contributed by atoms with E-state index >= 15 is 0 Å². The highest BCUT2D eigenvalue weighted by molar-refractivity contribution is 5.99. The number of carbonyl (C=O) groups excluding carboxylic acids is 2. The summed E-state index contributed by atoms with van der Waals surface area (Å²) in [4.78, 5) is 28.0. The minimum atomic E-state index is -0.762. The highest BCUT2D eigenvalue weighted by atomic mass is 16.3. The monoisotopic (exact) mass is 536 g/mol. The van der Waals surface area contributed by atoms with Crippen molar-refractivity contribution in [2.24, 2.45) is 5.92 Å². The number of nitrogens with one attached hydrogen (secondary N) is 3. The lowest BCUT2D eigenvalue weighted by molar-refractivity contribution is -0.119. The number of rotatable bonds is 15. The van der Waals surface area contributed by atoms with E-state index in [2.05, 4.69) is 36.7 Å². The van der Waals surface area contributed by atoms with Crippen LogP contribution >= 0.6 is 0 Å². The van der Waals surface area contributed by atoms with Crippen LogP contribution in [0.5, 0.6) is 0 Å². The first-order valence-electron chi connectivity index (χ1n) is 14.7. The van der Waals surface area contributed by atoms with E-state index in [1.165, 1.54) is 6.42 Å². The minimum absolute atomic E-state index is 0.0900. The van der Waals surface area contributed by atoms with Gasteiger partial charge in [0.15, 0.2) is 0 Å². The second-order valence-corrected chi connectivity index (χ2v) is 11.3. The van der Waals surface area contributed by atoms with Gasteiger partial charge in [0.1, 0.15) is 0 Å². The topological polar surface area (TPSA) is 93.7 Å². The van der Waals surface area contributed by atoms with Crippen LogP contribution < -0.4 is 20.9 Å². The zero-order chi connectivity index (χ0) is 28.2. The van der Waals surface area contributed by atoms with Gasteiger partial charge in [-0.1, -0.05) is 57.0 Å². The summed E-state index contributed by atoms with van der Waals surface area (Å²) in [5.41, 5.74) is 3.06. The molecule has 214 valence electrons. The van der Waals surface area contributed by atoms with Crippen LogP contribution in [0.4, 0.5) is 11.4 Å². The number of anilines is 2. The van der Waals surface area contributed by atoms with Crippen LogP contribution in [0.25, 0.3) is 0 Å². The molecule has 1 aliphatic heterocycles. The molecule has 2 amide bonds. The van der Waals surface area contributed by atoms with Crippen molar-refractivity contribution in [3.8, 4) is 0 Å². The molecule has 2 aromatic carbocycles. The van der Waals surface area contributed by atoms with Crippen LogP contribution in [0.2, 0.25) is 0 Å². The van der Waals surface area contributed by atoms with Gasteiger partial charge in [-0.2, -0.15) is 0 Å². The van der Waals surface area contributed by atoms with E-state index in [1.807, 2.05) is 49.4 Å². The number of hydrogen-bond donors (Lipinski definition) is 4. The van der Waals surface area contributed by atoms with Gasteiger partial charge in [-0.05, 0) is 69.2 Å². The van der Waals surface area contributed by atoms with Gasteiger partial charge in [0, 0.05) is 49.0 Å². The zero-order valence-corrected chi connectivity index (χ0v) is 24.2. The van der Waals surface area contributed by atoms with Crippen LogP contribution in [0.3, 0.4) is 0 Å². The fourth-order valence-corrected chi connectivity index (χ4v) is 5.08. The van der Waals surface area contributed by atoms with Crippen LogP contribution in [0, 0.1) is 5.92 Å². The molecule has 0 aliphatic carbocycles. The van der Waals surface area contributed by atoms with Crippen molar-refractivity contribution >= 4 is 23.2 Å². The maximum absolute atomic E-state index is 13.6. The average molecular weight is 537 g/mol. The number of hydrogen-bond acceptors (Lipinski definition) is 5. The Hall–Kier alpha value is -2.90. The number of aliphatic hydroxyl groups is 1. The molecule has 0 radical (unpaired) electrons. The Morgan fingerprint density at radius 2 is 1.82 bits per heavy atom. The highest BCUT2D eigenvalue weighted by Crippen LogP contribution is 2.26. The molecule has 1 aliphatic rings. The summed E-state index contributed by atoms with van der Waals surface area (Å²) >= 11 is 0. The molecule has 0 aromatic heterocycles. The molecule has 4 N–H and O–H groups in total. The fraction of sp³-hybridized carbons (Fsp3) is 0.562. The summed E-state index contributed by atoms with van der Waals surface area (Å²) in [6.45, 7) is 10.4. The summed E-state index contributed by atoms with van der Waals surface area (Å²) in [6, 6.07) is 15.3. The van der Waals surface area contributed by atoms with E-state index in [-0.39, 0.29) is 17.9 Å². The van der Waals surface area contributed by atoms with Crippen LogP contribution in [0.15, 0.2) is 48.5 Å². The van der Waals surface area contributed by atoms with Crippen LogP contribution in [-0.2, 0) is 11.2 Å². The van der Waals surface area contributed by atoms with Gasteiger partial charge >= 0.3 is 0 Å². The first-order chi connectivity index (χ1) is 18.8. The van der Waals surface area contributed by atoms with Crippen molar-refractivity contribution in [1.29, 1.82) is 0 Å². The molecule has 1 fully saturated rings. The van der Waals surface area contributed by atoms with Gasteiger partial charge in [0.2, 0.25) is 5.91 Å². The zero-order valence-electron chi connectivity index (χ0n) is 24.2. The lowest BCUT2D eigenvalue weighted by Crippen LogP contribution is -2.49. The van der Waals surface area contributed by atoms with Gasteiger partial charge in [-0.25, -0.2) is 0 Å². The first kappa shape index (κ1) is 30.6. The second-order valence-electron chi connectivity index (χ2n) is 11.3. The SMILES string of the molecule is CCNc1cc(C(=O)NC(Cc2ccccc2)C(O)CNC(C)CCCC(C)C)cc(N2CCCCC2=O)c1. The predicted octanol–water partition coefficient (Wildman–Crippen LogP) is 5.14. The quantitative estimate of drug-likeness (QED) is 0.253. The van der Waals surface area contributed by atoms with Crippen molar-refractivity contribution in [3.05, 3.63) is 59.7 Å². The summed E-state index contributed by atoms with van der Waals surface area (Å²) in [6.07, 6.45) is 5.53. The van der Waals surface area contributed by atoms with Gasteiger partial charge in [0.05, 0.1) is 12.1 Å². The van der Waals surface area contributed by atoms with Crippen molar-refractivity contribution < 1.29 is 14.7 Å². The molecule has 1 saturated heterocycles. The standard InChI is InChI=1S/C32H48N4O3/c1-5-33-27-19-26(20-28(21-27)36-17-10-9-16-31(36)38)32(39)35-29(18-25-14-7-6-8-15-25)30(37)22-34-24(4)13-11-12-23(2)3/h6-8,14-15,19-21,23-24,29-30,33-34,37H,5,9-13,16-18,22H2,1-4H3,(H,35,39). The van der Waals surface area contributed by atoms with Gasteiger partial charge in [0.25, 0.3) is 5.91 Å². The Bertz CT molecular complexity index is 1040. The largest absolute Gasteiger partial charge is 0.390 e.